The van der Waals surface area contributed by atoms with Crippen LogP contribution in [0.2, 0.25) is 0 Å². The molecular weight excluding hydrogens is 271 g/mol. The van der Waals surface area contributed by atoms with Crippen LogP contribution in [-0.2, 0) is 9.59 Å². The maximum atomic E-state index is 9.55. The van der Waals surface area contributed by atoms with E-state index >= 15 is 0 Å². The van der Waals surface area contributed by atoms with Crippen LogP contribution in [0.3, 0.4) is 0 Å². The molecule has 0 aliphatic heterocycles. The van der Waals surface area contributed by atoms with Crippen molar-refractivity contribution in [2.75, 3.05) is 0 Å². The van der Waals surface area contributed by atoms with Crippen molar-refractivity contribution in [3.8, 4) is 0 Å². The molecule has 9 heavy (non-hydrogen) atoms. The van der Waals surface area contributed by atoms with Crippen molar-refractivity contribution in [2.24, 2.45) is 0 Å². The summed E-state index contributed by atoms with van der Waals surface area (Å²) in [5, 5.41) is 15.6. The molecule has 53 valence electrons. The maximum absolute atomic E-state index is 9.55. The largest absolute Gasteiger partial charge is 0.478 e. The summed E-state index contributed by atoms with van der Waals surface area (Å²) >= 11 is 0. The molecule has 0 bridgehead atoms. The van der Waals surface area contributed by atoms with Crippen molar-refractivity contribution in [3.05, 3.63) is 12.2 Å². The molecular formula is C4H4O4Tb. The summed E-state index contributed by atoms with van der Waals surface area (Å²) in [5.74, 6) is -2.51. The van der Waals surface area contributed by atoms with Gasteiger partial charge in [0.1, 0.15) is 0 Å². The topological polar surface area (TPSA) is 74.6 Å². The van der Waals surface area contributed by atoms with Gasteiger partial charge in [-0.2, -0.15) is 0 Å². The predicted octanol–water partition coefficient (Wildman–Crippen LogP) is -0.288. The van der Waals surface area contributed by atoms with E-state index in [4.69, 9.17) is 10.2 Å². The van der Waals surface area contributed by atoms with Crippen LogP contribution in [0.25, 0.3) is 0 Å². The quantitative estimate of drug-likeness (QED) is 0.679. The van der Waals surface area contributed by atoms with Gasteiger partial charge < -0.3 is 10.2 Å². The standard InChI is InChI=1S/C4H4O4.Tb/c5-3(6)1-2-4(7)8;/h1-2H,(H,5,6)(H,7,8);/b2-1-;. The predicted molar refractivity (Wildman–Crippen MR) is 24.4 cm³/mol. The number of hydrogen-bond acceptors (Lipinski definition) is 2. The van der Waals surface area contributed by atoms with Crippen LogP contribution in [0.5, 0.6) is 0 Å². The summed E-state index contributed by atoms with van der Waals surface area (Å²) in [5.41, 5.74) is 0. The zero-order valence-electron chi connectivity index (χ0n) is 4.20. The van der Waals surface area contributed by atoms with E-state index < -0.39 is 11.9 Å². The van der Waals surface area contributed by atoms with E-state index in [9.17, 15) is 9.59 Å². The number of rotatable bonds is 2. The van der Waals surface area contributed by atoms with Gasteiger partial charge in [0.25, 0.3) is 0 Å². The van der Waals surface area contributed by atoms with Crippen molar-refractivity contribution in [3.63, 3.8) is 0 Å². The maximum Gasteiger partial charge on any atom is 0.328 e. The molecule has 0 saturated carbocycles. The van der Waals surface area contributed by atoms with Gasteiger partial charge >= 0.3 is 11.9 Å². The Balaban J connectivity index is 0. The van der Waals surface area contributed by atoms with Gasteiger partial charge in [-0.3, -0.25) is 0 Å². The zero-order chi connectivity index (χ0) is 6.57. The third-order valence-electron chi connectivity index (χ3n) is 0.368. The molecule has 4 nitrogen and oxygen atoms in total. The van der Waals surface area contributed by atoms with Gasteiger partial charge in [0.05, 0.1) is 0 Å². The summed E-state index contributed by atoms with van der Waals surface area (Å²) in [4.78, 5) is 19.1. The van der Waals surface area contributed by atoms with Crippen molar-refractivity contribution in [1.29, 1.82) is 0 Å². The molecule has 0 unspecified atom stereocenters. The molecule has 0 aliphatic carbocycles. The number of carbonyl (C=O) groups is 2. The van der Waals surface area contributed by atoms with Gasteiger partial charge in [-0.25, -0.2) is 9.59 Å². The molecule has 0 aromatic heterocycles. The number of hydrogen-bond donors (Lipinski definition) is 2. The summed E-state index contributed by atoms with van der Waals surface area (Å²) in [6.45, 7) is 0. The van der Waals surface area contributed by atoms with E-state index in [-0.39, 0.29) is 38.6 Å². The third kappa shape index (κ3) is 11.5. The fourth-order valence-electron chi connectivity index (χ4n) is 0.143. The fourth-order valence-corrected chi connectivity index (χ4v) is 0.143. The molecule has 0 rings (SSSR count). The van der Waals surface area contributed by atoms with Gasteiger partial charge in [0.15, 0.2) is 0 Å². The Hall–Kier alpha value is -0.0343. The van der Waals surface area contributed by atoms with E-state index in [1.165, 1.54) is 0 Å². The Kier molecular flexibility index (Phi) is 7.94. The number of carboxylic acids is 2. The molecule has 0 atom stereocenters. The average molecular weight is 275 g/mol. The summed E-state index contributed by atoms with van der Waals surface area (Å²) in [6, 6.07) is 0. The minimum Gasteiger partial charge on any atom is -0.478 e. The average Bonchev–Trinajstić information content (AvgIpc) is 1.61. The smallest absolute Gasteiger partial charge is 0.328 e. The first kappa shape index (κ1) is 11.7. The van der Waals surface area contributed by atoms with Gasteiger partial charge in [0.2, 0.25) is 0 Å². The van der Waals surface area contributed by atoms with E-state index in [1.54, 1.807) is 0 Å². The zero-order valence-corrected chi connectivity index (χ0v) is 6.34. The monoisotopic (exact) mass is 275 g/mol. The second kappa shape index (κ2) is 6.09. The summed E-state index contributed by atoms with van der Waals surface area (Å²) in [6.07, 6.45) is 1.12. The van der Waals surface area contributed by atoms with Crippen LogP contribution in [0.15, 0.2) is 12.2 Å². The Morgan fingerprint density at radius 2 is 1.22 bits per heavy atom. The Morgan fingerprint density at radius 3 is 1.33 bits per heavy atom. The molecule has 1 radical (unpaired) electrons. The molecule has 0 amide bonds. The number of carboxylic acid groups (broad SMARTS) is 2. The van der Waals surface area contributed by atoms with E-state index in [1.807, 2.05) is 0 Å². The second-order valence-electron chi connectivity index (χ2n) is 1.01. The van der Waals surface area contributed by atoms with Crippen molar-refractivity contribution < 1.29 is 58.4 Å². The molecule has 0 heterocycles. The van der Waals surface area contributed by atoms with Crippen LogP contribution in [0.4, 0.5) is 0 Å². The van der Waals surface area contributed by atoms with E-state index in [0.29, 0.717) is 12.2 Å². The van der Waals surface area contributed by atoms with E-state index in [2.05, 4.69) is 0 Å². The van der Waals surface area contributed by atoms with Crippen LogP contribution >= 0.6 is 0 Å². The fraction of sp³-hybridized carbons (Fsp3) is 0. The minimum atomic E-state index is -1.26. The minimum absolute atomic E-state index is 0. The molecule has 0 saturated heterocycles. The molecule has 0 aromatic carbocycles. The first-order valence-electron chi connectivity index (χ1n) is 1.77. The molecule has 0 spiro atoms. The molecule has 0 aromatic rings. The Morgan fingerprint density at radius 1 is 1.00 bits per heavy atom. The SMILES string of the molecule is O=C(O)/C=C\C(=O)O.[Tb]. The molecule has 5 heteroatoms. The van der Waals surface area contributed by atoms with Gasteiger partial charge in [-0.1, -0.05) is 0 Å². The van der Waals surface area contributed by atoms with Crippen LogP contribution < -0.4 is 0 Å². The van der Waals surface area contributed by atoms with Crippen molar-refractivity contribution in [2.45, 2.75) is 0 Å². The van der Waals surface area contributed by atoms with Crippen molar-refractivity contribution >= 4 is 11.9 Å². The molecule has 0 aliphatic rings. The second-order valence-corrected chi connectivity index (χ2v) is 1.01. The van der Waals surface area contributed by atoms with Crippen LogP contribution in [0.1, 0.15) is 0 Å². The van der Waals surface area contributed by atoms with Crippen LogP contribution in [-0.4, -0.2) is 22.2 Å². The van der Waals surface area contributed by atoms with Gasteiger partial charge in [-0.15, -0.1) is 0 Å². The summed E-state index contributed by atoms with van der Waals surface area (Å²) in [7, 11) is 0. The van der Waals surface area contributed by atoms with E-state index in [0.717, 1.165) is 0 Å². The van der Waals surface area contributed by atoms with Gasteiger partial charge in [0, 0.05) is 50.8 Å². The van der Waals surface area contributed by atoms with Gasteiger partial charge in [-0.05, 0) is 0 Å². The first-order chi connectivity index (χ1) is 3.63. The van der Waals surface area contributed by atoms with Crippen molar-refractivity contribution in [1.82, 2.24) is 0 Å². The Bertz CT molecular complexity index is 124. The summed E-state index contributed by atoms with van der Waals surface area (Å²) < 4.78 is 0. The third-order valence-corrected chi connectivity index (χ3v) is 0.368. The van der Waals surface area contributed by atoms with Crippen LogP contribution in [0, 0.1) is 38.6 Å². The molecule has 0 fully saturated rings. The Labute approximate surface area is 82.0 Å². The first-order valence-corrected chi connectivity index (χ1v) is 1.77. The number of aliphatic carboxylic acids is 2. The normalized spacial score (nSPS) is 8.44. The molecule has 2 N–H and O–H groups in total.